The third-order valence-electron chi connectivity index (χ3n) is 16.7. The maximum Gasteiger partial charge on any atom is 0.268 e. The second-order valence-electron chi connectivity index (χ2n) is 21.8. The average Bonchev–Trinajstić information content (AvgIpc) is 1.65. The van der Waals surface area contributed by atoms with Gasteiger partial charge in [0, 0.05) is 86.9 Å². The van der Waals surface area contributed by atoms with Crippen molar-refractivity contribution in [1.29, 1.82) is 0 Å². The fourth-order valence-electron chi connectivity index (χ4n) is 12.9. The van der Waals surface area contributed by atoms with Crippen LogP contribution >= 0.6 is 0 Å². The molecule has 0 unspecified atom stereocenters. The van der Waals surface area contributed by atoms with Gasteiger partial charge < -0.3 is 23.0 Å². The minimum Gasteiger partial charge on any atom is -0.510 e. The Bertz CT molecular complexity index is 5370. The molecule has 0 saturated heterocycles. The molecule has 0 aliphatic rings. The summed E-state index contributed by atoms with van der Waals surface area (Å²) < 4.78 is 45.3. The summed E-state index contributed by atoms with van der Waals surface area (Å²) in [7, 11) is 0. The van der Waals surface area contributed by atoms with Gasteiger partial charge in [0.1, 0.15) is 5.82 Å². The van der Waals surface area contributed by atoms with Gasteiger partial charge in [0.05, 0.1) is 38.8 Å². The SMILES string of the molecule is [2H]C([2H])([2H])c1cc(-n2c3[c-]c(Oc4[c-]c(-n5[c-][n+](-c6cc(-c7ccccc7)cc(-c7ccccc7)c6)c6ccccc65)ccc4)ccc3c3ccccc32)ncc1-c1cc(-n2c3ccccc3c3ccccc32)cc(-n2c3ccccc3c3ccccc32)c1.[Pt]. The maximum atomic E-state index is 9.29. The number of aryl methyl sites for hydroxylation is 1. The molecule has 17 aromatic rings. The van der Waals surface area contributed by atoms with E-state index in [1.165, 1.54) is 0 Å². The number of pyridine rings is 1. The van der Waals surface area contributed by atoms with Crippen LogP contribution in [-0.2, 0) is 21.1 Å². The number of aromatic nitrogens is 6. The molecule has 12 aromatic carbocycles. The van der Waals surface area contributed by atoms with Crippen molar-refractivity contribution in [2.24, 2.45) is 0 Å². The Morgan fingerprint density at radius 1 is 0.402 bits per heavy atom. The van der Waals surface area contributed by atoms with Crippen LogP contribution in [-0.4, -0.2) is 23.3 Å². The molecular formula is C79H50N6OPt-2. The van der Waals surface area contributed by atoms with Crippen LogP contribution in [0.15, 0.2) is 285 Å². The van der Waals surface area contributed by atoms with Gasteiger partial charge in [0.2, 0.25) is 0 Å². The first-order valence-electron chi connectivity index (χ1n) is 30.3. The number of para-hydroxylation sites is 7. The Balaban J connectivity index is 0.00000649. The molecule has 0 radical (unpaired) electrons. The second-order valence-corrected chi connectivity index (χ2v) is 21.8. The normalized spacial score (nSPS) is 12.3. The largest absolute Gasteiger partial charge is 0.510 e. The molecule has 0 N–H and O–H groups in total. The molecular weight excluding hydrogens is 1240 g/mol. The fraction of sp³-hybridized carbons (Fsp3) is 0.0127. The molecule has 17 rings (SSSR count). The van der Waals surface area contributed by atoms with E-state index in [-0.39, 0.29) is 26.6 Å². The molecule has 0 aliphatic carbocycles. The van der Waals surface area contributed by atoms with Gasteiger partial charge in [-0.25, -0.2) is 4.98 Å². The van der Waals surface area contributed by atoms with Crippen LogP contribution in [0.1, 0.15) is 9.68 Å². The van der Waals surface area contributed by atoms with Crippen molar-refractivity contribution in [3.05, 3.63) is 309 Å². The summed E-state index contributed by atoms with van der Waals surface area (Å²) in [6.45, 7) is -2.56. The van der Waals surface area contributed by atoms with Gasteiger partial charge in [-0.3, -0.25) is 4.57 Å². The molecule has 5 heterocycles. The molecule has 0 bridgehead atoms. The summed E-state index contributed by atoms with van der Waals surface area (Å²) in [6, 6.07) is 103. The summed E-state index contributed by atoms with van der Waals surface area (Å²) in [4.78, 5) is 5.23. The smallest absolute Gasteiger partial charge is 0.268 e. The Kier molecular flexibility index (Phi) is 11.7. The van der Waals surface area contributed by atoms with Gasteiger partial charge in [-0.05, 0) is 124 Å². The van der Waals surface area contributed by atoms with E-state index < -0.39 is 6.85 Å². The number of rotatable bonds is 10. The Morgan fingerprint density at radius 2 is 0.897 bits per heavy atom. The van der Waals surface area contributed by atoms with Crippen LogP contribution in [0.2, 0.25) is 0 Å². The van der Waals surface area contributed by atoms with E-state index in [0.717, 1.165) is 116 Å². The van der Waals surface area contributed by atoms with Crippen molar-refractivity contribution < 1.29 is 34.5 Å². The molecule has 0 aliphatic heterocycles. The van der Waals surface area contributed by atoms with E-state index >= 15 is 0 Å². The number of nitrogens with zero attached hydrogens (tertiary/aromatic N) is 6. The van der Waals surface area contributed by atoms with Gasteiger partial charge >= 0.3 is 0 Å². The standard InChI is InChI=1S/C79H50N6O.Pt/c1-52-41-79(80-50-70(52)57-45-60(83-71-32-13-8-27-64(71)65-28-9-14-33-72(65)83)47-61(46-57)84-73-34-15-10-29-66(73)67-30-11-16-35-74(67)84)85-75-36-17-12-31-68(75)69-40-39-63(49-78(69)85)86-62-26-20-25-58(48-62)81-51-82(77-38-19-18-37-76(77)81)59-43-55(53-21-4-2-5-22-53)42-56(44-59)54-23-6-3-7-24-54;/h2-47,50H,1H3;/q-2;/i1D3;. The second kappa shape index (κ2) is 21.0. The van der Waals surface area contributed by atoms with E-state index in [1.54, 1.807) is 12.3 Å². The van der Waals surface area contributed by atoms with Crippen molar-refractivity contribution in [2.75, 3.05) is 0 Å². The average molecular weight is 1300 g/mol. The quantitative estimate of drug-likeness (QED) is 0.101. The van der Waals surface area contributed by atoms with E-state index in [1.807, 2.05) is 75.9 Å². The molecule has 0 atom stereocenters. The summed E-state index contributed by atoms with van der Waals surface area (Å²) in [5.74, 6) is 1.36. The minimum absolute atomic E-state index is 0. The Hall–Kier alpha value is -10.9. The van der Waals surface area contributed by atoms with Crippen LogP contribution in [0.25, 0.3) is 138 Å². The predicted molar refractivity (Wildman–Crippen MR) is 350 cm³/mol. The molecule has 8 heteroatoms. The predicted octanol–water partition coefficient (Wildman–Crippen LogP) is 19.1. The van der Waals surface area contributed by atoms with Crippen molar-refractivity contribution in [3.63, 3.8) is 0 Å². The van der Waals surface area contributed by atoms with Crippen molar-refractivity contribution in [3.8, 4) is 73.4 Å². The third-order valence-corrected chi connectivity index (χ3v) is 16.7. The van der Waals surface area contributed by atoms with Crippen LogP contribution in [0.4, 0.5) is 0 Å². The molecule has 414 valence electrons. The summed E-state index contributed by atoms with van der Waals surface area (Å²) in [5.41, 5.74) is 16.9. The first-order valence-corrected chi connectivity index (χ1v) is 28.8. The number of imidazole rings is 1. The number of ether oxygens (including phenoxy) is 1. The number of fused-ring (bicyclic) bond motifs is 10. The van der Waals surface area contributed by atoms with Crippen molar-refractivity contribution >= 4 is 76.5 Å². The molecule has 87 heavy (non-hydrogen) atoms. The van der Waals surface area contributed by atoms with Gasteiger partial charge in [0.25, 0.3) is 6.33 Å². The minimum atomic E-state index is -2.56. The van der Waals surface area contributed by atoms with Gasteiger partial charge in [-0.15, -0.1) is 29.7 Å². The van der Waals surface area contributed by atoms with Crippen molar-refractivity contribution in [2.45, 2.75) is 6.85 Å². The Labute approximate surface area is 520 Å². The van der Waals surface area contributed by atoms with E-state index in [0.29, 0.717) is 34.0 Å². The van der Waals surface area contributed by atoms with Gasteiger partial charge in [-0.2, -0.15) is 18.2 Å². The number of hydrogen-bond donors (Lipinski definition) is 0. The van der Waals surface area contributed by atoms with E-state index in [2.05, 4.69) is 238 Å². The summed E-state index contributed by atoms with van der Waals surface area (Å²) in [5, 5.41) is 6.38. The zero-order valence-corrected chi connectivity index (χ0v) is 48.8. The Morgan fingerprint density at radius 3 is 1.46 bits per heavy atom. The van der Waals surface area contributed by atoms with Crippen molar-refractivity contribution in [1.82, 2.24) is 23.3 Å². The van der Waals surface area contributed by atoms with Gasteiger partial charge in [0.15, 0.2) is 0 Å². The summed E-state index contributed by atoms with van der Waals surface area (Å²) >= 11 is 0. The van der Waals surface area contributed by atoms with Crippen LogP contribution < -0.4 is 9.30 Å². The zero-order valence-electron chi connectivity index (χ0n) is 49.5. The number of hydrogen-bond acceptors (Lipinski definition) is 2. The first kappa shape index (κ1) is 48.5. The van der Waals surface area contributed by atoms with Gasteiger partial charge in [-0.1, -0.05) is 181 Å². The topological polar surface area (TPSA) is 45.7 Å². The monoisotopic (exact) mass is 1300 g/mol. The fourth-order valence-corrected chi connectivity index (χ4v) is 12.9. The van der Waals surface area contributed by atoms with E-state index in [4.69, 9.17) is 9.72 Å². The molecule has 5 aromatic heterocycles. The molecule has 0 amide bonds. The maximum absolute atomic E-state index is 9.29. The molecule has 0 fully saturated rings. The zero-order chi connectivity index (χ0) is 59.3. The van der Waals surface area contributed by atoms with Crippen LogP contribution in [0.5, 0.6) is 11.5 Å². The summed E-state index contributed by atoms with van der Waals surface area (Å²) in [6.07, 6.45) is 5.42. The van der Waals surface area contributed by atoms with E-state index in [9.17, 15) is 4.11 Å². The molecule has 0 saturated carbocycles. The van der Waals surface area contributed by atoms with Crippen LogP contribution in [0, 0.1) is 25.3 Å². The first-order chi connectivity index (χ1) is 43.8. The van der Waals surface area contributed by atoms with Crippen LogP contribution in [0.3, 0.4) is 0 Å². The molecule has 0 spiro atoms. The third kappa shape index (κ3) is 8.69. The molecule has 7 nitrogen and oxygen atoms in total. The number of benzene rings is 12.